The summed E-state index contributed by atoms with van der Waals surface area (Å²) < 4.78 is 1.55. The van der Waals surface area contributed by atoms with E-state index < -0.39 is 5.97 Å². The van der Waals surface area contributed by atoms with Crippen molar-refractivity contribution in [3.8, 4) is 5.69 Å². The average Bonchev–Trinajstić information content (AvgIpc) is 2.75. The Balaban J connectivity index is 1.92. The third-order valence-electron chi connectivity index (χ3n) is 5.76. The number of aromatic nitrogens is 1. The third kappa shape index (κ3) is 3.69. The molecule has 0 spiro atoms. The van der Waals surface area contributed by atoms with Crippen LogP contribution >= 0.6 is 0 Å². The van der Waals surface area contributed by atoms with Crippen LogP contribution in [0.1, 0.15) is 28.9 Å². The van der Waals surface area contributed by atoms with Crippen LogP contribution in [0.15, 0.2) is 59.4 Å². The molecule has 1 saturated heterocycles. The standard InChI is InChI=1S/C23H24N2O4/c26-15-16-10-12-24(13-11-16)14-20-21(23(28)29)18-8-4-5-9-19(18)22(27)25(20)17-6-2-1-3-7-17/h1-9,16,26H,10-15H2,(H,28,29). The van der Waals surface area contributed by atoms with E-state index >= 15 is 0 Å². The Hall–Kier alpha value is -2.96. The highest BCUT2D eigenvalue weighted by Crippen LogP contribution is 2.26. The molecule has 0 unspecified atom stereocenters. The molecule has 29 heavy (non-hydrogen) atoms. The predicted octanol–water partition coefficient (Wildman–Crippen LogP) is 2.89. The minimum atomic E-state index is -1.04. The highest BCUT2D eigenvalue weighted by molar-refractivity contribution is 6.04. The zero-order valence-electron chi connectivity index (χ0n) is 16.1. The molecule has 1 aliphatic heterocycles. The van der Waals surface area contributed by atoms with Gasteiger partial charge in [-0.2, -0.15) is 0 Å². The summed E-state index contributed by atoms with van der Waals surface area (Å²) in [6.45, 7) is 2.08. The van der Waals surface area contributed by atoms with Gasteiger partial charge in [0, 0.05) is 29.6 Å². The lowest BCUT2D eigenvalue weighted by Gasteiger charge is -2.32. The second-order valence-corrected chi connectivity index (χ2v) is 7.55. The molecule has 3 aromatic rings. The molecule has 0 aliphatic carbocycles. The van der Waals surface area contributed by atoms with E-state index in [0.717, 1.165) is 25.9 Å². The molecule has 4 rings (SSSR count). The van der Waals surface area contributed by atoms with Crippen molar-refractivity contribution in [1.29, 1.82) is 0 Å². The minimum Gasteiger partial charge on any atom is -0.478 e. The van der Waals surface area contributed by atoms with Crippen LogP contribution in [-0.4, -0.2) is 45.3 Å². The van der Waals surface area contributed by atoms with Gasteiger partial charge in [0.05, 0.1) is 11.3 Å². The van der Waals surface area contributed by atoms with Gasteiger partial charge >= 0.3 is 5.97 Å². The Morgan fingerprint density at radius 3 is 2.21 bits per heavy atom. The van der Waals surface area contributed by atoms with Crippen molar-refractivity contribution in [2.24, 2.45) is 5.92 Å². The number of aromatic carboxylic acids is 1. The van der Waals surface area contributed by atoms with Crippen LogP contribution in [0, 0.1) is 5.92 Å². The van der Waals surface area contributed by atoms with Gasteiger partial charge in [-0.05, 0) is 50.0 Å². The molecule has 6 nitrogen and oxygen atoms in total. The topological polar surface area (TPSA) is 82.8 Å². The van der Waals surface area contributed by atoms with Crippen molar-refractivity contribution in [2.75, 3.05) is 19.7 Å². The van der Waals surface area contributed by atoms with Crippen molar-refractivity contribution in [2.45, 2.75) is 19.4 Å². The molecule has 0 radical (unpaired) electrons. The van der Waals surface area contributed by atoms with Crippen LogP contribution < -0.4 is 5.56 Å². The maximum atomic E-state index is 13.4. The van der Waals surface area contributed by atoms with Crippen molar-refractivity contribution in [1.82, 2.24) is 9.47 Å². The zero-order chi connectivity index (χ0) is 20.4. The van der Waals surface area contributed by atoms with Gasteiger partial charge in [-0.1, -0.05) is 36.4 Å². The first-order valence-corrected chi connectivity index (χ1v) is 9.88. The van der Waals surface area contributed by atoms with E-state index in [9.17, 15) is 19.8 Å². The van der Waals surface area contributed by atoms with Crippen LogP contribution in [-0.2, 0) is 6.54 Å². The number of carboxylic acid groups (broad SMARTS) is 1. The van der Waals surface area contributed by atoms with Gasteiger partial charge in [-0.25, -0.2) is 4.79 Å². The number of hydrogen-bond donors (Lipinski definition) is 2. The van der Waals surface area contributed by atoms with E-state index in [-0.39, 0.29) is 23.6 Å². The van der Waals surface area contributed by atoms with Crippen molar-refractivity contribution in [3.05, 3.63) is 76.2 Å². The number of hydrogen-bond acceptors (Lipinski definition) is 4. The smallest absolute Gasteiger partial charge is 0.338 e. The van der Waals surface area contributed by atoms with Crippen LogP contribution in [0.4, 0.5) is 0 Å². The second-order valence-electron chi connectivity index (χ2n) is 7.55. The molecular weight excluding hydrogens is 368 g/mol. The van der Waals surface area contributed by atoms with Gasteiger partial charge in [0.2, 0.25) is 0 Å². The monoisotopic (exact) mass is 392 g/mol. The highest BCUT2D eigenvalue weighted by atomic mass is 16.4. The Labute approximate surface area is 168 Å². The number of piperidine rings is 1. The van der Waals surface area contributed by atoms with Gasteiger partial charge in [0.15, 0.2) is 0 Å². The largest absolute Gasteiger partial charge is 0.478 e. The number of nitrogens with zero attached hydrogens (tertiary/aromatic N) is 2. The summed E-state index contributed by atoms with van der Waals surface area (Å²) in [5, 5.41) is 20.3. The summed E-state index contributed by atoms with van der Waals surface area (Å²) >= 11 is 0. The van der Waals surface area contributed by atoms with Crippen LogP contribution in [0.2, 0.25) is 0 Å². The lowest BCUT2D eigenvalue weighted by atomic mass is 9.97. The molecule has 6 heteroatoms. The molecule has 0 saturated carbocycles. The Bertz CT molecular complexity index is 1080. The van der Waals surface area contributed by atoms with E-state index in [4.69, 9.17) is 0 Å². The van der Waals surface area contributed by atoms with Crippen molar-refractivity contribution in [3.63, 3.8) is 0 Å². The number of pyridine rings is 1. The van der Waals surface area contributed by atoms with Crippen LogP contribution in [0.5, 0.6) is 0 Å². The highest BCUT2D eigenvalue weighted by Gasteiger charge is 2.26. The van der Waals surface area contributed by atoms with Crippen molar-refractivity contribution >= 4 is 16.7 Å². The summed E-state index contributed by atoms with van der Waals surface area (Å²) in [6, 6.07) is 16.1. The summed E-state index contributed by atoms with van der Waals surface area (Å²) in [5.41, 5.74) is 1.12. The number of likely N-dealkylation sites (tertiary alicyclic amines) is 1. The molecular formula is C23H24N2O4. The fraction of sp³-hybridized carbons (Fsp3) is 0.304. The number of carboxylic acids is 1. The number of para-hydroxylation sites is 1. The van der Waals surface area contributed by atoms with E-state index in [1.54, 1.807) is 28.8 Å². The first-order valence-electron chi connectivity index (χ1n) is 9.88. The molecule has 1 aliphatic rings. The molecule has 2 heterocycles. The van der Waals surface area contributed by atoms with Gasteiger partial charge in [-0.15, -0.1) is 0 Å². The minimum absolute atomic E-state index is 0.174. The maximum absolute atomic E-state index is 13.4. The summed E-state index contributed by atoms with van der Waals surface area (Å²) in [5.74, 6) is -0.746. The fourth-order valence-corrected chi connectivity index (χ4v) is 4.18. The lowest BCUT2D eigenvalue weighted by molar-refractivity contribution is 0.0694. The fourth-order valence-electron chi connectivity index (χ4n) is 4.18. The number of fused-ring (bicyclic) bond motifs is 1. The normalized spacial score (nSPS) is 15.6. The molecule has 150 valence electrons. The first kappa shape index (κ1) is 19.4. The summed E-state index contributed by atoms with van der Waals surface area (Å²) in [4.78, 5) is 27.9. The van der Waals surface area contributed by atoms with Gasteiger partial charge < -0.3 is 10.2 Å². The Morgan fingerprint density at radius 2 is 1.59 bits per heavy atom. The Kier molecular flexibility index (Phi) is 5.47. The van der Waals surface area contributed by atoms with E-state index in [1.807, 2.05) is 30.3 Å². The van der Waals surface area contributed by atoms with Gasteiger partial charge in [0.25, 0.3) is 5.56 Å². The third-order valence-corrected chi connectivity index (χ3v) is 5.76. The van der Waals surface area contributed by atoms with Crippen LogP contribution in [0.3, 0.4) is 0 Å². The first-order chi connectivity index (χ1) is 14.1. The van der Waals surface area contributed by atoms with E-state index in [1.165, 1.54) is 0 Å². The number of carbonyl (C=O) groups is 1. The molecule has 0 bridgehead atoms. The lowest BCUT2D eigenvalue weighted by Crippen LogP contribution is -2.37. The van der Waals surface area contributed by atoms with Gasteiger partial charge in [-0.3, -0.25) is 14.3 Å². The average molecular weight is 392 g/mol. The quantitative estimate of drug-likeness (QED) is 0.698. The molecule has 2 aromatic carbocycles. The van der Waals surface area contributed by atoms with E-state index in [2.05, 4.69) is 4.90 Å². The molecule has 1 aromatic heterocycles. The molecule has 0 atom stereocenters. The Morgan fingerprint density at radius 1 is 0.966 bits per heavy atom. The molecule has 0 amide bonds. The zero-order valence-corrected chi connectivity index (χ0v) is 16.1. The number of aliphatic hydroxyl groups is 1. The maximum Gasteiger partial charge on any atom is 0.338 e. The van der Waals surface area contributed by atoms with E-state index in [0.29, 0.717) is 28.7 Å². The summed E-state index contributed by atoms with van der Waals surface area (Å²) in [6.07, 6.45) is 1.73. The number of benzene rings is 2. The number of rotatable bonds is 5. The second kappa shape index (κ2) is 8.19. The van der Waals surface area contributed by atoms with Crippen LogP contribution in [0.25, 0.3) is 16.5 Å². The SMILES string of the molecule is O=C(O)c1c(CN2CCC(CO)CC2)n(-c2ccccc2)c(=O)c2ccccc12. The molecule has 1 fully saturated rings. The number of aliphatic hydroxyl groups excluding tert-OH is 1. The van der Waals surface area contributed by atoms with Crippen molar-refractivity contribution < 1.29 is 15.0 Å². The molecule has 2 N–H and O–H groups in total. The van der Waals surface area contributed by atoms with Gasteiger partial charge in [0.1, 0.15) is 0 Å². The predicted molar refractivity (Wildman–Crippen MR) is 112 cm³/mol. The summed E-state index contributed by atoms with van der Waals surface area (Å²) in [7, 11) is 0.